The summed E-state index contributed by atoms with van der Waals surface area (Å²) < 4.78 is 5.29. The minimum atomic E-state index is -0.299. The van der Waals surface area contributed by atoms with Crippen LogP contribution in [0.25, 0.3) is 10.8 Å². The average molecular weight is 270 g/mol. The van der Waals surface area contributed by atoms with Gasteiger partial charge in [0.15, 0.2) is 0 Å². The summed E-state index contributed by atoms with van der Waals surface area (Å²) in [5, 5.41) is 12.5. The lowest BCUT2D eigenvalue weighted by Gasteiger charge is -2.13. The molecular formula is C18H22O2. The molecule has 2 aromatic rings. The summed E-state index contributed by atoms with van der Waals surface area (Å²) in [5.74, 6) is 0.853. The van der Waals surface area contributed by atoms with Gasteiger partial charge >= 0.3 is 0 Å². The molecule has 106 valence electrons. The van der Waals surface area contributed by atoms with Crippen molar-refractivity contribution in [3.63, 3.8) is 0 Å². The fourth-order valence-electron chi connectivity index (χ4n) is 2.48. The highest BCUT2D eigenvalue weighted by atomic mass is 16.5. The van der Waals surface area contributed by atoms with Crippen LogP contribution >= 0.6 is 0 Å². The Morgan fingerprint density at radius 3 is 2.90 bits per heavy atom. The van der Waals surface area contributed by atoms with Gasteiger partial charge in [-0.25, -0.2) is 0 Å². The molecular weight excluding hydrogens is 248 g/mol. The maximum Gasteiger partial charge on any atom is 0.119 e. The van der Waals surface area contributed by atoms with Crippen molar-refractivity contribution >= 4 is 10.8 Å². The Morgan fingerprint density at radius 2 is 2.15 bits per heavy atom. The Balaban J connectivity index is 2.18. The van der Waals surface area contributed by atoms with Crippen LogP contribution in [0.5, 0.6) is 5.75 Å². The molecule has 0 heterocycles. The van der Waals surface area contributed by atoms with E-state index >= 15 is 0 Å². The fourth-order valence-corrected chi connectivity index (χ4v) is 2.48. The number of hydrogen-bond acceptors (Lipinski definition) is 2. The quantitative estimate of drug-likeness (QED) is 0.606. The van der Waals surface area contributed by atoms with E-state index in [1.807, 2.05) is 24.3 Å². The van der Waals surface area contributed by atoms with E-state index in [0.717, 1.165) is 30.4 Å². The van der Waals surface area contributed by atoms with Gasteiger partial charge in [0.25, 0.3) is 0 Å². The second kappa shape index (κ2) is 7.11. The number of fused-ring (bicyclic) bond motifs is 1. The third kappa shape index (κ3) is 3.61. The molecule has 20 heavy (non-hydrogen) atoms. The van der Waals surface area contributed by atoms with Crippen LogP contribution in [0.1, 0.15) is 24.8 Å². The minimum Gasteiger partial charge on any atom is -0.497 e. The van der Waals surface area contributed by atoms with E-state index < -0.39 is 0 Å². The Hall–Kier alpha value is -1.80. The summed E-state index contributed by atoms with van der Waals surface area (Å²) in [4.78, 5) is 0. The molecule has 1 atom stereocenters. The van der Waals surface area contributed by atoms with Crippen LogP contribution in [0, 0.1) is 0 Å². The molecule has 1 N–H and O–H groups in total. The summed E-state index contributed by atoms with van der Waals surface area (Å²) in [6.07, 6.45) is 5.04. The normalized spacial score (nSPS) is 12.3. The molecule has 0 amide bonds. The van der Waals surface area contributed by atoms with Crippen molar-refractivity contribution in [3.8, 4) is 5.75 Å². The van der Waals surface area contributed by atoms with Crippen molar-refractivity contribution in [2.24, 2.45) is 0 Å². The van der Waals surface area contributed by atoms with Crippen molar-refractivity contribution in [1.82, 2.24) is 0 Å². The summed E-state index contributed by atoms with van der Waals surface area (Å²) in [6.45, 7) is 3.71. The first-order chi connectivity index (χ1) is 9.74. The van der Waals surface area contributed by atoms with E-state index in [9.17, 15) is 5.11 Å². The fraction of sp³-hybridized carbons (Fsp3) is 0.333. The molecule has 2 nitrogen and oxygen atoms in total. The number of benzene rings is 2. The zero-order chi connectivity index (χ0) is 14.4. The first kappa shape index (κ1) is 14.6. The van der Waals surface area contributed by atoms with E-state index in [1.54, 1.807) is 7.11 Å². The monoisotopic (exact) mass is 270 g/mol. The second-order valence-electron chi connectivity index (χ2n) is 5.08. The maximum absolute atomic E-state index is 10.1. The average Bonchev–Trinajstić information content (AvgIpc) is 2.47. The van der Waals surface area contributed by atoms with Gasteiger partial charge in [-0.2, -0.15) is 0 Å². The van der Waals surface area contributed by atoms with Gasteiger partial charge in [-0.05, 0) is 54.2 Å². The largest absolute Gasteiger partial charge is 0.497 e. The lowest BCUT2D eigenvalue weighted by Crippen LogP contribution is -2.10. The second-order valence-corrected chi connectivity index (χ2v) is 5.08. The minimum absolute atomic E-state index is 0.299. The van der Waals surface area contributed by atoms with E-state index in [4.69, 9.17) is 4.74 Å². The number of aliphatic hydroxyl groups excluding tert-OH is 1. The molecule has 2 heteroatoms. The van der Waals surface area contributed by atoms with Crippen LogP contribution in [0.2, 0.25) is 0 Å². The van der Waals surface area contributed by atoms with Crippen LogP contribution in [0.3, 0.4) is 0 Å². The number of ether oxygens (including phenoxy) is 1. The Morgan fingerprint density at radius 1 is 1.30 bits per heavy atom. The zero-order valence-electron chi connectivity index (χ0n) is 12.0. The molecule has 0 aliphatic carbocycles. The summed E-state index contributed by atoms with van der Waals surface area (Å²) >= 11 is 0. The van der Waals surface area contributed by atoms with Crippen LogP contribution < -0.4 is 4.74 Å². The van der Waals surface area contributed by atoms with Gasteiger partial charge < -0.3 is 9.84 Å². The molecule has 0 aliphatic heterocycles. The third-order valence-electron chi connectivity index (χ3n) is 3.58. The van der Waals surface area contributed by atoms with E-state index in [-0.39, 0.29) is 6.10 Å². The van der Waals surface area contributed by atoms with Gasteiger partial charge in [-0.1, -0.05) is 30.3 Å². The highest BCUT2D eigenvalue weighted by Crippen LogP contribution is 2.25. The first-order valence-electron chi connectivity index (χ1n) is 7.09. The molecule has 0 saturated carbocycles. The van der Waals surface area contributed by atoms with E-state index in [0.29, 0.717) is 6.42 Å². The summed E-state index contributed by atoms with van der Waals surface area (Å²) in [5.41, 5.74) is 1.17. The standard InChI is InChI=1S/C18H22O2/c1-3-4-5-9-16(19)12-15-8-6-7-14-10-11-17(20-2)13-18(14)15/h3,6-8,10-11,13,16,19H,1,4-5,9,12H2,2H3. The van der Waals surface area contributed by atoms with E-state index in [2.05, 4.69) is 24.8 Å². The van der Waals surface area contributed by atoms with Crippen molar-refractivity contribution in [3.05, 3.63) is 54.6 Å². The smallest absolute Gasteiger partial charge is 0.119 e. The number of hydrogen-bond donors (Lipinski definition) is 1. The third-order valence-corrected chi connectivity index (χ3v) is 3.58. The predicted molar refractivity (Wildman–Crippen MR) is 84.3 cm³/mol. The van der Waals surface area contributed by atoms with Crippen LogP contribution in [0.4, 0.5) is 0 Å². The molecule has 1 unspecified atom stereocenters. The Labute approximate surface area is 120 Å². The molecule has 2 rings (SSSR count). The lowest BCUT2D eigenvalue weighted by molar-refractivity contribution is 0.163. The number of rotatable bonds is 7. The van der Waals surface area contributed by atoms with Gasteiger partial charge in [0, 0.05) is 0 Å². The zero-order valence-corrected chi connectivity index (χ0v) is 12.0. The van der Waals surface area contributed by atoms with Gasteiger partial charge in [0.05, 0.1) is 13.2 Å². The van der Waals surface area contributed by atoms with Gasteiger partial charge in [-0.3, -0.25) is 0 Å². The SMILES string of the molecule is C=CCCCC(O)Cc1cccc2ccc(OC)cc12. The molecule has 0 saturated heterocycles. The Kier molecular flexibility index (Phi) is 5.19. The molecule has 0 aliphatic rings. The van der Waals surface area contributed by atoms with Crippen molar-refractivity contribution in [2.75, 3.05) is 7.11 Å². The van der Waals surface area contributed by atoms with Crippen molar-refractivity contribution in [1.29, 1.82) is 0 Å². The maximum atomic E-state index is 10.1. The molecule has 2 aromatic carbocycles. The van der Waals surface area contributed by atoms with E-state index in [1.165, 1.54) is 10.9 Å². The van der Waals surface area contributed by atoms with Crippen LogP contribution in [-0.4, -0.2) is 18.3 Å². The highest BCUT2D eigenvalue weighted by molar-refractivity contribution is 5.87. The summed E-state index contributed by atoms with van der Waals surface area (Å²) in [6, 6.07) is 12.3. The van der Waals surface area contributed by atoms with Crippen molar-refractivity contribution in [2.45, 2.75) is 31.8 Å². The van der Waals surface area contributed by atoms with Gasteiger partial charge in [0.2, 0.25) is 0 Å². The predicted octanol–water partition coefficient (Wildman–Crippen LogP) is 4.11. The summed E-state index contributed by atoms with van der Waals surface area (Å²) in [7, 11) is 1.67. The first-order valence-corrected chi connectivity index (χ1v) is 7.09. The highest BCUT2D eigenvalue weighted by Gasteiger charge is 2.08. The van der Waals surface area contributed by atoms with Crippen molar-refractivity contribution < 1.29 is 9.84 Å². The van der Waals surface area contributed by atoms with Crippen LogP contribution in [-0.2, 0) is 6.42 Å². The molecule has 0 spiro atoms. The lowest BCUT2D eigenvalue weighted by atomic mass is 9.97. The number of methoxy groups -OCH3 is 1. The Bertz CT molecular complexity index is 575. The molecule has 0 fully saturated rings. The molecule has 0 radical (unpaired) electrons. The number of allylic oxidation sites excluding steroid dienone is 1. The number of unbranched alkanes of at least 4 members (excludes halogenated alkanes) is 1. The number of aliphatic hydroxyl groups is 1. The van der Waals surface area contributed by atoms with Gasteiger partial charge in [-0.15, -0.1) is 6.58 Å². The molecule has 0 bridgehead atoms. The molecule has 0 aromatic heterocycles. The topological polar surface area (TPSA) is 29.5 Å². The van der Waals surface area contributed by atoms with Gasteiger partial charge in [0.1, 0.15) is 5.75 Å². The van der Waals surface area contributed by atoms with Crippen LogP contribution in [0.15, 0.2) is 49.1 Å².